The molecule has 0 aliphatic carbocycles. The molecule has 0 N–H and O–H groups in total. The second-order valence-electron chi connectivity index (χ2n) is 6.71. The van der Waals surface area contributed by atoms with Gasteiger partial charge in [-0.1, -0.05) is 66.7 Å². The largest absolute Gasteiger partial charge is 0.254 e. The number of hydrogen-bond acceptors (Lipinski definition) is 5. The van der Waals surface area contributed by atoms with E-state index in [4.69, 9.17) is 4.98 Å². The first kappa shape index (κ1) is 17.8. The molecule has 0 saturated heterocycles. The number of rotatable bonds is 4. The third kappa shape index (κ3) is 3.56. The fourth-order valence-electron chi connectivity index (χ4n) is 3.27. The lowest BCUT2D eigenvalue weighted by atomic mass is 10.1. The molecule has 0 spiro atoms. The summed E-state index contributed by atoms with van der Waals surface area (Å²) in [6, 6.07) is 29.8. The highest BCUT2D eigenvalue weighted by Gasteiger charge is 2.16. The molecule has 30 heavy (non-hydrogen) atoms. The summed E-state index contributed by atoms with van der Waals surface area (Å²) in [5.41, 5.74) is 5.90. The van der Waals surface area contributed by atoms with Crippen LogP contribution in [0.3, 0.4) is 0 Å². The number of nitrogens with zero attached hydrogens (tertiary/aromatic N) is 5. The fourth-order valence-corrected chi connectivity index (χ4v) is 3.27. The summed E-state index contributed by atoms with van der Waals surface area (Å²) in [6.07, 6.45) is 3.51. The van der Waals surface area contributed by atoms with Crippen molar-refractivity contribution in [2.45, 2.75) is 0 Å². The fraction of sp³-hybridized carbons (Fsp3) is 0. The summed E-state index contributed by atoms with van der Waals surface area (Å²) in [7, 11) is 0. The first-order valence-corrected chi connectivity index (χ1v) is 9.62. The Morgan fingerprint density at radius 1 is 0.467 bits per heavy atom. The van der Waals surface area contributed by atoms with Crippen molar-refractivity contribution in [3.63, 3.8) is 0 Å². The van der Waals surface area contributed by atoms with Crippen molar-refractivity contribution in [3.05, 3.63) is 103 Å². The van der Waals surface area contributed by atoms with Crippen LogP contribution in [0.5, 0.6) is 0 Å². The SMILES string of the molecule is c1ccc(-c2ccnc(-c3nnc(-c4ccccn4)c(-c4ccccc4)n3)c2)cc1. The van der Waals surface area contributed by atoms with Crippen LogP contribution >= 0.6 is 0 Å². The van der Waals surface area contributed by atoms with Gasteiger partial charge >= 0.3 is 0 Å². The molecule has 5 aromatic rings. The minimum absolute atomic E-state index is 0.478. The van der Waals surface area contributed by atoms with E-state index < -0.39 is 0 Å². The summed E-state index contributed by atoms with van der Waals surface area (Å²) in [4.78, 5) is 13.8. The predicted molar refractivity (Wildman–Crippen MR) is 117 cm³/mol. The van der Waals surface area contributed by atoms with Gasteiger partial charge in [-0.2, -0.15) is 0 Å². The third-order valence-electron chi connectivity index (χ3n) is 4.74. The quantitative estimate of drug-likeness (QED) is 0.417. The van der Waals surface area contributed by atoms with Gasteiger partial charge in [0.1, 0.15) is 17.1 Å². The lowest BCUT2D eigenvalue weighted by Gasteiger charge is -2.09. The van der Waals surface area contributed by atoms with Crippen LogP contribution in [0.4, 0.5) is 0 Å². The maximum Gasteiger partial charge on any atom is 0.201 e. The molecule has 5 heteroatoms. The van der Waals surface area contributed by atoms with Crippen LogP contribution in [0.1, 0.15) is 0 Å². The van der Waals surface area contributed by atoms with Crippen molar-refractivity contribution < 1.29 is 0 Å². The highest BCUT2D eigenvalue weighted by Crippen LogP contribution is 2.29. The van der Waals surface area contributed by atoms with Crippen molar-refractivity contribution in [1.82, 2.24) is 25.1 Å². The first-order chi connectivity index (χ1) is 14.9. The molecule has 0 aliphatic heterocycles. The van der Waals surface area contributed by atoms with Crippen LogP contribution in [-0.2, 0) is 0 Å². The van der Waals surface area contributed by atoms with Gasteiger partial charge in [0, 0.05) is 18.0 Å². The lowest BCUT2D eigenvalue weighted by molar-refractivity contribution is 0.975. The number of pyridine rings is 2. The summed E-state index contributed by atoms with van der Waals surface area (Å²) < 4.78 is 0. The van der Waals surface area contributed by atoms with E-state index in [0.29, 0.717) is 17.2 Å². The highest BCUT2D eigenvalue weighted by molar-refractivity contribution is 5.77. The van der Waals surface area contributed by atoms with Gasteiger partial charge in [-0.05, 0) is 35.4 Å². The molecule has 0 fully saturated rings. The van der Waals surface area contributed by atoms with Crippen LogP contribution in [0.25, 0.3) is 45.3 Å². The van der Waals surface area contributed by atoms with Crippen molar-refractivity contribution in [1.29, 1.82) is 0 Å². The molecule has 0 amide bonds. The average molecular weight is 387 g/mol. The molecule has 2 aromatic carbocycles. The van der Waals surface area contributed by atoms with E-state index in [1.54, 1.807) is 12.4 Å². The van der Waals surface area contributed by atoms with Gasteiger partial charge < -0.3 is 0 Å². The van der Waals surface area contributed by atoms with E-state index in [1.165, 1.54) is 0 Å². The average Bonchev–Trinajstić information content (AvgIpc) is 2.85. The summed E-state index contributed by atoms with van der Waals surface area (Å²) >= 11 is 0. The Kier molecular flexibility index (Phi) is 4.76. The molecule has 0 unspecified atom stereocenters. The molecule has 5 nitrogen and oxygen atoms in total. The monoisotopic (exact) mass is 387 g/mol. The summed E-state index contributed by atoms with van der Waals surface area (Å²) in [5.74, 6) is 0.478. The molecule has 5 rings (SSSR count). The summed E-state index contributed by atoms with van der Waals surface area (Å²) in [6.45, 7) is 0. The number of hydrogen-bond donors (Lipinski definition) is 0. The van der Waals surface area contributed by atoms with Crippen LogP contribution in [-0.4, -0.2) is 25.1 Å². The lowest BCUT2D eigenvalue weighted by Crippen LogP contribution is -2.02. The molecular formula is C25H17N5. The van der Waals surface area contributed by atoms with Crippen LogP contribution < -0.4 is 0 Å². The second kappa shape index (κ2) is 8.01. The number of benzene rings is 2. The standard InChI is InChI=1S/C25H17N5/c1-3-9-18(10-4-1)20-14-16-27-22(17-20)25-28-23(19-11-5-2-6-12-19)24(29-30-25)21-13-7-8-15-26-21/h1-17H. The van der Waals surface area contributed by atoms with E-state index in [9.17, 15) is 0 Å². The van der Waals surface area contributed by atoms with Crippen LogP contribution in [0, 0.1) is 0 Å². The van der Waals surface area contributed by atoms with Crippen LogP contribution in [0.2, 0.25) is 0 Å². The van der Waals surface area contributed by atoms with E-state index in [1.807, 2.05) is 78.9 Å². The third-order valence-corrected chi connectivity index (χ3v) is 4.74. The van der Waals surface area contributed by atoms with Gasteiger partial charge in [0.25, 0.3) is 0 Å². The minimum atomic E-state index is 0.478. The number of aromatic nitrogens is 5. The minimum Gasteiger partial charge on any atom is -0.254 e. The molecule has 0 bridgehead atoms. The van der Waals surface area contributed by atoms with E-state index in [2.05, 4.69) is 32.3 Å². The molecule has 3 aromatic heterocycles. The van der Waals surface area contributed by atoms with Gasteiger partial charge in [0.2, 0.25) is 5.82 Å². The Morgan fingerprint density at radius 2 is 1.17 bits per heavy atom. The van der Waals surface area contributed by atoms with Crippen molar-refractivity contribution in [2.75, 3.05) is 0 Å². The highest BCUT2D eigenvalue weighted by atomic mass is 15.2. The second-order valence-corrected chi connectivity index (χ2v) is 6.71. The van der Waals surface area contributed by atoms with Crippen molar-refractivity contribution >= 4 is 0 Å². The topological polar surface area (TPSA) is 64.5 Å². The van der Waals surface area contributed by atoms with Gasteiger partial charge in [-0.3, -0.25) is 9.97 Å². The zero-order valence-electron chi connectivity index (χ0n) is 16.1. The molecule has 142 valence electrons. The summed E-state index contributed by atoms with van der Waals surface area (Å²) in [5, 5.41) is 8.87. The molecular weight excluding hydrogens is 370 g/mol. The predicted octanol–water partition coefficient (Wildman–Crippen LogP) is 5.33. The maximum atomic E-state index is 4.85. The molecule has 0 saturated carbocycles. The van der Waals surface area contributed by atoms with E-state index in [-0.39, 0.29) is 0 Å². The Morgan fingerprint density at radius 3 is 1.90 bits per heavy atom. The van der Waals surface area contributed by atoms with Gasteiger partial charge in [0.15, 0.2) is 0 Å². The first-order valence-electron chi connectivity index (χ1n) is 9.62. The molecule has 0 atom stereocenters. The Labute approximate surface area is 174 Å². The van der Waals surface area contributed by atoms with Crippen LogP contribution in [0.15, 0.2) is 103 Å². The zero-order chi connectivity index (χ0) is 20.2. The van der Waals surface area contributed by atoms with E-state index in [0.717, 1.165) is 28.1 Å². The van der Waals surface area contributed by atoms with Crippen molar-refractivity contribution in [3.8, 4) is 45.3 Å². The maximum absolute atomic E-state index is 4.85. The van der Waals surface area contributed by atoms with Gasteiger partial charge in [-0.15, -0.1) is 10.2 Å². The van der Waals surface area contributed by atoms with Gasteiger partial charge in [0.05, 0.1) is 5.69 Å². The van der Waals surface area contributed by atoms with Gasteiger partial charge in [-0.25, -0.2) is 4.98 Å². The molecule has 0 aliphatic rings. The Balaban J connectivity index is 1.64. The smallest absolute Gasteiger partial charge is 0.201 e. The zero-order valence-corrected chi connectivity index (χ0v) is 16.1. The molecule has 0 radical (unpaired) electrons. The Bertz CT molecular complexity index is 1270. The normalized spacial score (nSPS) is 10.7. The van der Waals surface area contributed by atoms with Crippen molar-refractivity contribution in [2.24, 2.45) is 0 Å². The molecule has 3 heterocycles. The Hall–Kier alpha value is -4.25. The van der Waals surface area contributed by atoms with E-state index >= 15 is 0 Å².